The second-order valence-corrected chi connectivity index (χ2v) is 3.84. The minimum absolute atomic E-state index is 1.14. The van der Waals surface area contributed by atoms with E-state index in [1.165, 1.54) is 24.0 Å². The summed E-state index contributed by atoms with van der Waals surface area (Å²) in [5, 5.41) is 3.39. The van der Waals surface area contributed by atoms with E-state index in [0.29, 0.717) is 0 Å². The molecule has 0 saturated carbocycles. The third kappa shape index (κ3) is 3.49. The van der Waals surface area contributed by atoms with E-state index in [1.54, 1.807) is 5.57 Å². The van der Waals surface area contributed by atoms with E-state index in [4.69, 9.17) is 0 Å². The monoisotopic (exact) mass is 217 g/mol. The van der Waals surface area contributed by atoms with Gasteiger partial charge in [0.05, 0.1) is 0 Å². The van der Waals surface area contributed by atoms with Crippen LogP contribution in [0.5, 0.6) is 0 Å². The van der Waals surface area contributed by atoms with Crippen molar-refractivity contribution < 1.29 is 0 Å². The fourth-order valence-corrected chi connectivity index (χ4v) is 2.00. The van der Waals surface area contributed by atoms with Crippen LogP contribution < -0.4 is 5.32 Å². The lowest BCUT2D eigenvalue weighted by Crippen LogP contribution is -2.23. The SMILES string of the molecule is CC.CC(=C1CCNCC1)c1ccccc1. The Morgan fingerprint density at radius 3 is 2.12 bits per heavy atom. The van der Waals surface area contributed by atoms with Gasteiger partial charge >= 0.3 is 0 Å². The fraction of sp³-hybridized carbons (Fsp3) is 0.467. The number of hydrogen-bond donors (Lipinski definition) is 1. The number of benzene rings is 1. The Morgan fingerprint density at radius 2 is 1.56 bits per heavy atom. The topological polar surface area (TPSA) is 12.0 Å². The second kappa shape index (κ2) is 7.24. The highest BCUT2D eigenvalue weighted by Gasteiger charge is 2.08. The Morgan fingerprint density at radius 1 is 1.00 bits per heavy atom. The molecule has 1 heterocycles. The maximum Gasteiger partial charge on any atom is -0.00112 e. The van der Waals surface area contributed by atoms with Gasteiger partial charge in [0.1, 0.15) is 0 Å². The largest absolute Gasteiger partial charge is 0.316 e. The average Bonchev–Trinajstić information content (AvgIpc) is 2.42. The molecule has 0 atom stereocenters. The molecule has 1 nitrogen and oxygen atoms in total. The summed E-state index contributed by atoms with van der Waals surface area (Å²) in [5.41, 5.74) is 4.48. The Labute approximate surface area is 99.6 Å². The molecule has 1 saturated heterocycles. The van der Waals surface area contributed by atoms with Crippen molar-refractivity contribution in [1.29, 1.82) is 0 Å². The summed E-state index contributed by atoms with van der Waals surface area (Å²) in [5.74, 6) is 0. The molecule has 1 N–H and O–H groups in total. The molecule has 1 heteroatoms. The minimum Gasteiger partial charge on any atom is -0.316 e. The summed E-state index contributed by atoms with van der Waals surface area (Å²) in [4.78, 5) is 0. The summed E-state index contributed by atoms with van der Waals surface area (Å²) in [6.07, 6.45) is 2.42. The van der Waals surface area contributed by atoms with Gasteiger partial charge < -0.3 is 5.32 Å². The predicted molar refractivity (Wildman–Crippen MR) is 72.5 cm³/mol. The van der Waals surface area contributed by atoms with Gasteiger partial charge in [0.2, 0.25) is 0 Å². The van der Waals surface area contributed by atoms with Gasteiger partial charge in [-0.25, -0.2) is 0 Å². The molecule has 0 unspecified atom stereocenters. The number of nitrogens with one attached hydrogen (secondary N) is 1. The zero-order valence-electron chi connectivity index (χ0n) is 10.7. The van der Waals surface area contributed by atoms with Crippen molar-refractivity contribution >= 4 is 5.57 Å². The first kappa shape index (κ1) is 13.0. The van der Waals surface area contributed by atoms with Crippen LogP contribution in [0.3, 0.4) is 0 Å². The third-order valence-electron chi connectivity index (χ3n) is 2.94. The quantitative estimate of drug-likeness (QED) is 0.753. The molecule has 1 fully saturated rings. The van der Waals surface area contributed by atoms with Crippen molar-refractivity contribution in [2.45, 2.75) is 33.6 Å². The summed E-state index contributed by atoms with van der Waals surface area (Å²) in [6, 6.07) is 10.7. The van der Waals surface area contributed by atoms with Crippen LogP contribution in [0.1, 0.15) is 39.2 Å². The Balaban J connectivity index is 0.000000606. The zero-order chi connectivity index (χ0) is 11.8. The van der Waals surface area contributed by atoms with E-state index in [0.717, 1.165) is 13.1 Å². The van der Waals surface area contributed by atoms with Crippen LogP contribution in [-0.4, -0.2) is 13.1 Å². The van der Waals surface area contributed by atoms with Crippen LogP contribution in [0, 0.1) is 0 Å². The van der Waals surface area contributed by atoms with Crippen LogP contribution in [0.15, 0.2) is 35.9 Å². The molecule has 0 spiro atoms. The number of hydrogen-bond acceptors (Lipinski definition) is 1. The molecule has 0 radical (unpaired) electrons. The van der Waals surface area contributed by atoms with Crippen LogP contribution >= 0.6 is 0 Å². The summed E-state index contributed by atoms with van der Waals surface area (Å²) >= 11 is 0. The molecule has 88 valence electrons. The highest BCUT2D eigenvalue weighted by molar-refractivity contribution is 5.67. The maximum atomic E-state index is 3.39. The lowest BCUT2D eigenvalue weighted by molar-refractivity contribution is 0.611. The first-order valence-corrected chi connectivity index (χ1v) is 6.32. The smallest absolute Gasteiger partial charge is 0.00112 e. The second-order valence-electron chi connectivity index (χ2n) is 3.84. The lowest BCUT2D eigenvalue weighted by Gasteiger charge is -2.18. The highest BCUT2D eigenvalue weighted by atomic mass is 14.9. The Bertz CT molecular complexity index is 317. The minimum atomic E-state index is 1.14. The number of piperidine rings is 1. The van der Waals surface area contributed by atoms with Gasteiger partial charge in [-0.1, -0.05) is 49.8 Å². The maximum absolute atomic E-state index is 3.39. The van der Waals surface area contributed by atoms with Gasteiger partial charge in [0.25, 0.3) is 0 Å². The van der Waals surface area contributed by atoms with Crippen molar-refractivity contribution in [2.75, 3.05) is 13.1 Å². The van der Waals surface area contributed by atoms with Gasteiger partial charge in [0.15, 0.2) is 0 Å². The molecule has 1 aromatic rings. The molecule has 1 aromatic carbocycles. The highest BCUT2D eigenvalue weighted by Crippen LogP contribution is 2.23. The lowest BCUT2D eigenvalue weighted by atomic mass is 9.95. The van der Waals surface area contributed by atoms with E-state index in [1.807, 2.05) is 13.8 Å². The molecular formula is C15H23N. The predicted octanol–water partition coefficient (Wildman–Crippen LogP) is 3.87. The Kier molecular flexibility index (Phi) is 5.87. The molecule has 1 aliphatic heterocycles. The molecule has 16 heavy (non-hydrogen) atoms. The van der Waals surface area contributed by atoms with Crippen molar-refractivity contribution in [3.63, 3.8) is 0 Å². The molecule has 0 aromatic heterocycles. The van der Waals surface area contributed by atoms with Gasteiger partial charge in [-0.2, -0.15) is 0 Å². The van der Waals surface area contributed by atoms with Crippen LogP contribution in [-0.2, 0) is 0 Å². The van der Waals surface area contributed by atoms with Crippen LogP contribution in [0.4, 0.5) is 0 Å². The van der Waals surface area contributed by atoms with E-state index in [9.17, 15) is 0 Å². The van der Waals surface area contributed by atoms with Crippen molar-refractivity contribution in [2.24, 2.45) is 0 Å². The molecule has 0 amide bonds. The summed E-state index contributed by atoms with van der Waals surface area (Å²) < 4.78 is 0. The molecule has 0 bridgehead atoms. The normalized spacial score (nSPS) is 15.1. The van der Waals surface area contributed by atoms with Gasteiger partial charge in [0, 0.05) is 0 Å². The number of rotatable bonds is 1. The third-order valence-corrected chi connectivity index (χ3v) is 2.94. The van der Waals surface area contributed by atoms with Crippen molar-refractivity contribution in [3.05, 3.63) is 41.5 Å². The zero-order valence-corrected chi connectivity index (χ0v) is 10.7. The summed E-state index contributed by atoms with van der Waals surface area (Å²) in [7, 11) is 0. The van der Waals surface area contributed by atoms with E-state index in [2.05, 4.69) is 42.6 Å². The van der Waals surface area contributed by atoms with E-state index >= 15 is 0 Å². The molecule has 1 aliphatic rings. The van der Waals surface area contributed by atoms with E-state index < -0.39 is 0 Å². The number of allylic oxidation sites excluding steroid dienone is 1. The van der Waals surface area contributed by atoms with E-state index in [-0.39, 0.29) is 0 Å². The van der Waals surface area contributed by atoms with Crippen LogP contribution in [0.2, 0.25) is 0 Å². The van der Waals surface area contributed by atoms with Crippen molar-refractivity contribution in [1.82, 2.24) is 5.32 Å². The van der Waals surface area contributed by atoms with Gasteiger partial charge in [-0.05, 0) is 44.0 Å². The molecule has 0 aliphatic carbocycles. The molecule has 2 rings (SSSR count). The first-order chi connectivity index (χ1) is 7.88. The first-order valence-electron chi connectivity index (χ1n) is 6.32. The van der Waals surface area contributed by atoms with Crippen molar-refractivity contribution in [3.8, 4) is 0 Å². The fourth-order valence-electron chi connectivity index (χ4n) is 2.00. The van der Waals surface area contributed by atoms with Gasteiger partial charge in [-0.3, -0.25) is 0 Å². The molecular weight excluding hydrogens is 194 g/mol. The average molecular weight is 217 g/mol. The Hall–Kier alpha value is -1.08. The standard InChI is InChI=1S/C13H17N.C2H6/c1-11(12-5-3-2-4-6-12)13-7-9-14-10-8-13;1-2/h2-6,14H,7-10H2,1H3;1-2H3. The summed E-state index contributed by atoms with van der Waals surface area (Å²) in [6.45, 7) is 8.52. The van der Waals surface area contributed by atoms with Gasteiger partial charge in [-0.15, -0.1) is 0 Å². The van der Waals surface area contributed by atoms with Crippen LogP contribution in [0.25, 0.3) is 5.57 Å².